The zero-order chi connectivity index (χ0) is 16.0. The van der Waals surface area contributed by atoms with Gasteiger partial charge in [-0.3, -0.25) is 4.79 Å². The molecule has 0 aliphatic carbocycles. The lowest BCUT2D eigenvalue weighted by Gasteiger charge is -2.02. The number of carbonyl (C=O) groups excluding carboxylic acids is 1. The molecular weight excluding hydrogens is 330 g/mol. The second-order valence-corrected chi connectivity index (χ2v) is 8.22. The first-order valence-electron chi connectivity index (χ1n) is 6.90. The Morgan fingerprint density at radius 1 is 1.50 bits per heavy atom. The molecule has 0 radical (unpaired) electrons. The Bertz CT molecular complexity index is 602. The van der Waals surface area contributed by atoms with Gasteiger partial charge in [0.2, 0.25) is 11.8 Å². The average Bonchev–Trinajstić information content (AvgIpc) is 3.04. The molecule has 1 atom stereocenters. The number of methoxy groups -OCH3 is 1. The zero-order valence-electron chi connectivity index (χ0n) is 12.3. The second-order valence-electron chi connectivity index (χ2n) is 5.07. The molecule has 1 N–H and O–H groups in total. The van der Waals surface area contributed by atoms with Crippen LogP contribution < -0.4 is 5.32 Å². The lowest BCUT2D eigenvalue weighted by Crippen LogP contribution is -2.28. The number of aromatic nitrogens is 2. The molecule has 1 saturated heterocycles. The predicted octanol–water partition coefficient (Wildman–Crippen LogP) is -0.0985. The standard InChI is InChI=1S/C12H19N3O5S2/c1-19-4-3-13-10(16)7-21-12-15-14-11(20-12)6-9-2-5-22(17,18)8-9/h9H,2-8H2,1H3,(H,13,16)/t9-/m0/s1. The third-order valence-corrected chi connectivity index (χ3v) is 5.85. The van der Waals surface area contributed by atoms with Crippen molar-refractivity contribution in [2.45, 2.75) is 18.1 Å². The van der Waals surface area contributed by atoms with Gasteiger partial charge in [-0.2, -0.15) is 0 Å². The highest BCUT2D eigenvalue weighted by molar-refractivity contribution is 7.99. The van der Waals surface area contributed by atoms with E-state index in [2.05, 4.69) is 15.5 Å². The van der Waals surface area contributed by atoms with Crippen molar-refractivity contribution in [3.05, 3.63) is 5.89 Å². The number of hydrogen-bond acceptors (Lipinski definition) is 8. The van der Waals surface area contributed by atoms with E-state index in [-0.39, 0.29) is 29.1 Å². The number of sulfone groups is 1. The maximum absolute atomic E-state index is 11.5. The maximum Gasteiger partial charge on any atom is 0.277 e. The van der Waals surface area contributed by atoms with E-state index in [0.717, 1.165) is 11.8 Å². The molecule has 1 aliphatic heterocycles. The van der Waals surface area contributed by atoms with Gasteiger partial charge in [-0.25, -0.2) is 8.42 Å². The van der Waals surface area contributed by atoms with E-state index in [0.29, 0.717) is 37.1 Å². The van der Waals surface area contributed by atoms with Gasteiger partial charge >= 0.3 is 0 Å². The van der Waals surface area contributed by atoms with Crippen LogP contribution in [0.5, 0.6) is 0 Å². The smallest absolute Gasteiger partial charge is 0.277 e. The first kappa shape index (κ1) is 17.2. The van der Waals surface area contributed by atoms with E-state index < -0.39 is 9.84 Å². The first-order chi connectivity index (χ1) is 10.5. The van der Waals surface area contributed by atoms with E-state index in [1.165, 1.54) is 0 Å². The van der Waals surface area contributed by atoms with Crippen LogP contribution in [-0.4, -0.2) is 62.0 Å². The van der Waals surface area contributed by atoms with E-state index in [4.69, 9.17) is 9.15 Å². The SMILES string of the molecule is COCCNC(=O)CSc1nnc(C[C@@H]2CCS(=O)(=O)C2)o1. The molecule has 124 valence electrons. The Labute approximate surface area is 133 Å². The average molecular weight is 349 g/mol. The minimum absolute atomic E-state index is 0.0423. The molecule has 0 unspecified atom stereocenters. The van der Waals surface area contributed by atoms with Crippen LogP contribution in [-0.2, 0) is 25.8 Å². The van der Waals surface area contributed by atoms with Crippen molar-refractivity contribution >= 4 is 27.5 Å². The number of thioether (sulfide) groups is 1. The van der Waals surface area contributed by atoms with E-state index in [1.54, 1.807) is 7.11 Å². The van der Waals surface area contributed by atoms with Crippen molar-refractivity contribution < 1.29 is 22.4 Å². The first-order valence-corrected chi connectivity index (χ1v) is 9.70. The van der Waals surface area contributed by atoms with Crippen LogP contribution >= 0.6 is 11.8 Å². The minimum Gasteiger partial charge on any atom is -0.416 e. The summed E-state index contributed by atoms with van der Waals surface area (Å²) in [7, 11) is -1.33. The lowest BCUT2D eigenvalue weighted by molar-refractivity contribution is -0.118. The quantitative estimate of drug-likeness (QED) is 0.512. The van der Waals surface area contributed by atoms with E-state index in [9.17, 15) is 13.2 Å². The molecule has 1 aromatic rings. The molecule has 1 amide bonds. The fourth-order valence-corrected chi connectivity index (χ4v) is 4.60. The normalized spacial score (nSPS) is 20.1. The van der Waals surface area contributed by atoms with Gasteiger partial charge in [-0.1, -0.05) is 11.8 Å². The van der Waals surface area contributed by atoms with Crippen LogP contribution in [0.3, 0.4) is 0 Å². The largest absolute Gasteiger partial charge is 0.416 e. The van der Waals surface area contributed by atoms with Gasteiger partial charge in [0.05, 0.1) is 23.9 Å². The van der Waals surface area contributed by atoms with Crippen LogP contribution in [0.4, 0.5) is 0 Å². The third-order valence-electron chi connectivity index (χ3n) is 3.19. The molecule has 0 bridgehead atoms. The Hall–Kier alpha value is -1.13. The Balaban J connectivity index is 1.73. The fraction of sp³-hybridized carbons (Fsp3) is 0.750. The van der Waals surface area contributed by atoms with Crippen LogP contribution in [0.15, 0.2) is 9.64 Å². The maximum atomic E-state index is 11.5. The molecule has 22 heavy (non-hydrogen) atoms. The molecule has 0 aromatic carbocycles. The third kappa shape index (κ3) is 5.58. The highest BCUT2D eigenvalue weighted by Gasteiger charge is 2.29. The summed E-state index contributed by atoms with van der Waals surface area (Å²) >= 11 is 1.15. The molecule has 8 nitrogen and oxygen atoms in total. The summed E-state index contributed by atoms with van der Waals surface area (Å²) in [5.41, 5.74) is 0. The fourth-order valence-electron chi connectivity index (χ4n) is 2.13. The number of amides is 1. The van der Waals surface area contributed by atoms with Crippen molar-refractivity contribution in [1.82, 2.24) is 15.5 Å². The lowest BCUT2D eigenvalue weighted by atomic mass is 10.1. The molecule has 0 saturated carbocycles. The van der Waals surface area contributed by atoms with Crippen LogP contribution in [0.2, 0.25) is 0 Å². The van der Waals surface area contributed by atoms with Crippen molar-refractivity contribution in [2.75, 3.05) is 37.5 Å². The number of ether oxygens (including phenoxy) is 1. The minimum atomic E-state index is -2.90. The van der Waals surface area contributed by atoms with Crippen LogP contribution in [0, 0.1) is 5.92 Å². The number of nitrogens with one attached hydrogen (secondary N) is 1. The summed E-state index contributed by atoms with van der Waals surface area (Å²) in [6, 6.07) is 0. The van der Waals surface area contributed by atoms with Crippen LogP contribution in [0.25, 0.3) is 0 Å². The molecule has 2 heterocycles. The zero-order valence-corrected chi connectivity index (χ0v) is 13.9. The summed E-state index contributed by atoms with van der Waals surface area (Å²) in [5.74, 6) is 0.923. The van der Waals surface area contributed by atoms with Gasteiger partial charge in [0.25, 0.3) is 5.22 Å². The van der Waals surface area contributed by atoms with E-state index in [1.807, 2.05) is 0 Å². The van der Waals surface area contributed by atoms with Gasteiger partial charge in [0, 0.05) is 20.1 Å². The Morgan fingerprint density at radius 3 is 3.00 bits per heavy atom. The van der Waals surface area contributed by atoms with Crippen molar-refractivity contribution in [1.29, 1.82) is 0 Å². The molecule has 1 fully saturated rings. The summed E-state index contributed by atoms with van der Waals surface area (Å²) in [5, 5.41) is 10.8. The number of nitrogens with zero attached hydrogens (tertiary/aromatic N) is 2. The summed E-state index contributed by atoms with van der Waals surface area (Å²) in [6.07, 6.45) is 1.10. The molecule has 0 spiro atoms. The molecule has 1 aliphatic rings. The molecule has 1 aromatic heterocycles. The van der Waals surface area contributed by atoms with Crippen molar-refractivity contribution in [3.8, 4) is 0 Å². The topological polar surface area (TPSA) is 111 Å². The second kappa shape index (κ2) is 7.93. The number of carbonyl (C=O) groups is 1. The number of rotatable bonds is 8. The van der Waals surface area contributed by atoms with Gasteiger partial charge < -0.3 is 14.5 Å². The van der Waals surface area contributed by atoms with Crippen molar-refractivity contribution in [2.24, 2.45) is 5.92 Å². The van der Waals surface area contributed by atoms with Gasteiger partial charge in [0.1, 0.15) is 0 Å². The summed E-state index contributed by atoms with van der Waals surface area (Å²) in [6.45, 7) is 0.923. The summed E-state index contributed by atoms with van der Waals surface area (Å²) in [4.78, 5) is 11.5. The van der Waals surface area contributed by atoms with Gasteiger partial charge in [-0.05, 0) is 12.3 Å². The summed E-state index contributed by atoms with van der Waals surface area (Å²) < 4.78 is 33.1. The predicted molar refractivity (Wildman–Crippen MR) is 80.4 cm³/mol. The highest BCUT2D eigenvalue weighted by Crippen LogP contribution is 2.23. The molecular formula is C12H19N3O5S2. The van der Waals surface area contributed by atoms with Crippen molar-refractivity contribution in [3.63, 3.8) is 0 Å². The number of hydrogen-bond donors (Lipinski definition) is 1. The Morgan fingerprint density at radius 2 is 2.32 bits per heavy atom. The molecule has 2 rings (SSSR count). The Kier molecular flexibility index (Phi) is 6.21. The monoisotopic (exact) mass is 349 g/mol. The highest BCUT2D eigenvalue weighted by atomic mass is 32.2. The van der Waals surface area contributed by atoms with Gasteiger partial charge in [0.15, 0.2) is 9.84 Å². The van der Waals surface area contributed by atoms with E-state index >= 15 is 0 Å². The van der Waals surface area contributed by atoms with Gasteiger partial charge in [-0.15, -0.1) is 10.2 Å². The molecule has 10 heteroatoms. The van der Waals surface area contributed by atoms with Crippen LogP contribution in [0.1, 0.15) is 12.3 Å².